The Morgan fingerprint density at radius 3 is 2.23 bits per heavy atom. The molecule has 1 heterocycles. The molecule has 1 aliphatic heterocycles. The van der Waals surface area contributed by atoms with Gasteiger partial charge in [0.05, 0.1) is 12.7 Å². The van der Waals surface area contributed by atoms with Crippen LogP contribution in [0.4, 0.5) is 0 Å². The van der Waals surface area contributed by atoms with Crippen molar-refractivity contribution in [3.05, 3.63) is 58.3 Å². The number of methoxy groups -OCH3 is 1. The predicted molar refractivity (Wildman–Crippen MR) is 124 cm³/mol. The molecule has 0 aliphatic carbocycles. The van der Waals surface area contributed by atoms with Gasteiger partial charge < -0.3 is 9.84 Å². The number of allylic oxidation sites excluding steroid dienone is 1. The van der Waals surface area contributed by atoms with Crippen LogP contribution in [0.25, 0.3) is 16.7 Å². The number of ether oxygens (including phenoxy) is 1. The molecule has 0 fully saturated rings. The van der Waals surface area contributed by atoms with Crippen molar-refractivity contribution in [1.82, 2.24) is 0 Å². The van der Waals surface area contributed by atoms with E-state index >= 15 is 0 Å². The highest BCUT2D eigenvalue weighted by Gasteiger charge is 2.58. The van der Waals surface area contributed by atoms with Crippen LogP contribution in [0, 0.1) is 0 Å². The number of sulfone groups is 1. The minimum absolute atomic E-state index is 0.0614. The van der Waals surface area contributed by atoms with Crippen molar-refractivity contribution in [2.75, 3.05) is 7.11 Å². The summed E-state index contributed by atoms with van der Waals surface area (Å²) < 4.78 is 28.2. The summed E-state index contributed by atoms with van der Waals surface area (Å²) in [7, 11) is -2.37. The van der Waals surface area contributed by atoms with Crippen LogP contribution in [0.3, 0.4) is 0 Å². The number of hydrogen-bond donors (Lipinski definition) is 1. The number of carbonyl (C=O) groups is 1. The quantitative estimate of drug-likeness (QED) is 0.657. The minimum atomic E-state index is -3.95. The van der Waals surface area contributed by atoms with E-state index in [4.69, 9.17) is 16.3 Å². The Balaban J connectivity index is 2.28. The summed E-state index contributed by atoms with van der Waals surface area (Å²) in [4.78, 5) is 13.3. The van der Waals surface area contributed by atoms with Crippen molar-refractivity contribution in [1.29, 1.82) is 0 Å². The van der Waals surface area contributed by atoms with Gasteiger partial charge in [-0.3, -0.25) is 4.79 Å². The zero-order chi connectivity index (χ0) is 23.4. The summed E-state index contributed by atoms with van der Waals surface area (Å²) in [5, 5.41) is 11.5. The van der Waals surface area contributed by atoms with Crippen LogP contribution in [-0.2, 0) is 21.1 Å². The smallest absolute Gasteiger partial charge is 0.187 e. The Labute approximate surface area is 188 Å². The maximum Gasteiger partial charge on any atom is 0.187 e. The summed E-state index contributed by atoms with van der Waals surface area (Å²) in [6, 6.07) is 10.8. The van der Waals surface area contributed by atoms with Gasteiger partial charge in [0.15, 0.2) is 15.6 Å². The van der Waals surface area contributed by atoms with E-state index in [1.807, 2.05) is 19.1 Å². The molecular formula is C24H27ClO5S. The second kappa shape index (κ2) is 7.68. The summed E-state index contributed by atoms with van der Waals surface area (Å²) in [6.45, 7) is 7.60. The topological polar surface area (TPSA) is 80.7 Å². The van der Waals surface area contributed by atoms with Gasteiger partial charge in [-0.25, -0.2) is 8.42 Å². The van der Waals surface area contributed by atoms with Crippen LogP contribution in [0.1, 0.15) is 45.7 Å². The van der Waals surface area contributed by atoms with E-state index in [2.05, 4.69) is 0 Å². The van der Waals surface area contributed by atoms with Gasteiger partial charge >= 0.3 is 0 Å². The maximum atomic E-state index is 13.3. The standard InChI is InChI=1S/C24H27ClO5S/c1-7-14-12-15(18-13-16(25)9-11-19(18)30-6)8-10-17(14)20-21(26)23(2,3)31(28,29)24(4,5)22(20)27/h8-13,26H,7H2,1-6H3. The van der Waals surface area contributed by atoms with Gasteiger partial charge in [-0.15, -0.1) is 0 Å². The van der Waals surface area contributed by atoms with E-state index in [0.717, 1.165) is 16.7 Å². The number of rotatable bonds is 4. The molecule has 3 rings (SSSR count). The van der Waals surface area contributed by atoms with Gasteiger partial charge in [-0.1, -0.05) is 36.7 Å². The van der Waals surface area contributed by atoms with Gasteiger partial charge in [-0.2, -0.15) is 0 Å². The lowest BCUT2D eigenvalue weighted by atomic mass is 9.85. The molecule has 1 aliphatic rings. The van der Waals surface area contributed by atoms with Crippen LogP contribution < -0.4 is 4.74 Å². The molecule has 7 heteroatoms. The summed E-state index contributed by atoms with van der Waals surface area (Å²) >= 11 is 6.18. The first-order valence-corrected chi connectivity index (χ1v) is 11.9. The molecule has 0 unspecified atom stereocenters. The molecule has 0 radical (unpaired) electrons. The van der Waals surface area contributed by atoms with E-state index < -0.39 is 30.9 Å². The van der Waals surface area contributed by atoms with E-state index in [1.165, 1.54) is 27.7 Å². The fourth-order valence-corrected chi connectivity index (χ4v) is 6.20. The van der Waals surface area contributed by atoms with Crippen LogP contribution in [0.5, 0.6) is 5.75 Å². The molecule has 0 bridgehead atoms. The number of aryl methyl sites for hydroxylation is 1. The first-order chi connectivity index (χ1) is 14.3. The fraction of sp³-hybridized carbons (Fsp3) is 0.375. The summed E-state index contributed by atoms with van der Waals surface area (Å²) in [5.41, 5.74) is 3.04. The third-order valence-corrected chi connectivity index (χ3v) is 9.45. The Hall–Kier alpha value is -2.31. The lowest BCUT2D eigenvalue weighted by Gasteiger charge is -2.40. The minimum Gasteiger partial charge on any atom is -0.510 e. The van der Waals surface area contributed by atoms with E-state index in [-0.39, 0.29) is 5.57 Å². The van der Waals surface area contributed by atoms with Crippen molar-refractivity contribution in [2.45, 2.75) is 50.5 Å². The number of halogens is 1. The van der Waals surface area contributed by atoms with Gasteiger partial charge in [-0.05, 0) is 69.0 Å². The number of aliphatic hydroxyl groups is 1. The van der Waals surface area contributed by atoms with Crippen molar-refractivity contribution in [3.8, 4) is 16.9 Å². The third kappa shape index (κ3) is 3.37. The highest BCUT2D eigenvalue weighted by Crippen LogP contribution is 2.46. The molecule has 5 nitrogen and oxygen atoms in total. The van der Waals surface area contributed by atoms with Crippen molar-refractivity contribution in [3.63, 3.8) is 0 Å². The Bertz CT molecular complexity index is 1210. The predicted octanol–water partition coefficient (Wildman–Crippen LogP) is 5.40. The van der Waals surface area contributed by atoms with Gasteiger partial charge in [0.1, 0.15) is 21.0 Å². The molecule has 0 atom stereocenters. The van der Waals surface area contributed by atoms with E-state index in [9.17, 15) is 18.3 Å². The van der Waals surface area contributed by atoms with Crippen LogP contribution in [-0.4, -0.2) is 35.9 Å². The average Bonchev–Trinajstić information content (AvgIpc) is 2.72. The van der Waals surface area contributed by atoms with Crippen LogP contribution >= 0.6 is 11.6 Å². The highest BCUT2D eigenvalue weighted by atomic mass is 35.5. The first-order valence-electron chi connectivity index (χ1n) is 10.0. The molecule has 0 saturated heterocycles. The molecule has 1 N–H and O–H groups in total. The fourth-order valence-electron chi connectivity index (χ4n) is 4.05. The van der Waals surface area contributed by atoms with Gasteiger partial charge in [0, 0.05) is 10.6 Å². The van der Waals surface area contributed by atoms with Gasteiger partial charge in [0.25, 0.3) is 0 Å². The zero-order valence-electron chi connectivity index (χ0n) is 18.5. The van der Waals surface area contributed by atoms with Gasteiger partial charge in [0.2, 0.25) is 0 Å². The lowest BCUT2D eigenvalue weighted by molar-refractivity contribution is -0.115. The molecule has 166 valence electrons. The monoisotopic (exact) mass is 462 g/mol. The molecule has 2 aromatic carbocycles. The van der Waals surface area contributed by atoms with Crippen molar-refractivity contribution in [2.24, 2.45) is 0 Å². The molecule has 0 saturated carbocycles. The van der Waals surface area contributed by atoms with E-state index in [0.29, 0.717) is 22.8 Å². The third-order valence-electron chi connectivity index (χ3n) is 6.15. The number of benzene rings is 2. The Morgan fingerprint density at radius 2 is 1.65 bits per heavy atom. The second-order valence-electron chi connectivity index (χ2n) is 8.65. The number of aliphatic hydroxyl groups excluding tert-OH is 1. The average molecular weight is 463 g/mol. The van der Waals surface area contributed by atoms with Crippen LogP contribution in [0.15, 0.2) is 42.2 Å². The zero-order valence-corrected chi connectivity index (χ0v) is 20.1. The summed E-state index contributed by atoms with van der Waals surface area (Å²) in [6.07, 6.45) is 0.573. The maximum absolute atomic E-state index is 13.3. The normalized spacial score (nSPS) is 19.4. The molecule has 2 aromatic rings. The lowest BCUT2D eigenvalue weighted by Crippen LogP contribution is -2.55. The number of hydrogen-bond acceptors (Lipinski definition) is 5. The molecule has 0 spiro atoms. The molecule has 31 heavy (non-hydrogen) atoms. The SMILES string of the molecule is CCc1cc(-c2cc(Cl)ccc2OC)ccc1C1=C(O)C(C)(C)S(=O)(=O)C(C)(C)C1=O. The Kier molecular flexibility index (Phi) is 5.78. The Morgan fingerprint density at radius 1 is 1.00 bits per heavy atom. The van der Waals surface area contributed by atoms with E-state index in [1.54, 1.807) is 31.4 Å². The summed E-state index contributed by atoms with van der Waals surface area (Å²) in [5.74, 6) is -0.366. The number of ketones is 1. The molecular weight excluding hydrogens is 436 g/mol. The molecule has 0 amide bonds. The highest BCUT2D eigenvalue weighted by molar-refractivity contribution is 7.95. The largest absolute Gasteiger partial charge is 0.510 e. The number of carbonyl (C=O) groups excluding carboxylic acids is 1. The van der Waals surface area contributed by atoms with Crippen molar-refractivity contribution < 1.29 is 23.1 Å². The van der Waals surface area contributed by atoms with Crippen LogP contribution in [0.2, 0.25) is 5.02 Å². The first kappa shape index (κ1) is 23.4. The second-order valence-corrected chi connectivity index (χ2v) is 12.1. The number of Topliss-reactive ketones (excluding diaryl/α,β-unsaturated/α-hetero) is 1. The van der Waals surface area contributed by atoms with Crippen molar-refractivity contribution >= 4 is 32.8 Å². The molecule has 0 aromatic heterocycles.